The van der Waals surface area contributed by atoms with Crippen LogP contribution < -0.4 is 0 Å². The third-order valence-electron chi connectivity index (χ3n) is 1.95. The topological polar surface area (TPSA) is 104 Å². The second-order valence-electron chi connectivity index (χ2n) is 2.89. The summed E-state index contributed by atoms with van der Waals surface area (Å²) in [4.78, 5) is 12.8. The summed E-state index contributed by atoms with van der Waals surface area (Å²) in [5, 5.41) is 27.9. The fraction of sp³-hybridized carbons (Fsp3) is 0.222. The molecule has 0 aliphatic heterocycles. The van der Waals surface area contributed by atoms with Gasteiger partial charge in [-0.1, -0.05) is 0 Å². The number of aromatic nitrogens is 1. The molecule has 0 unspecified atom stereocenters. The van der Waals surface area contributed by atoms with E-state index in [1.54, 1.807) is 12.1 Å². The van der Waals surface area contributed by atoms with E-state index in [0.717, 1.165) is 6.20 Å². The Balaban J connectivity index is 3.61. The second-order valence-corrected chi connectivity index (χ2v) is 2.89. The van der Waals surface area contributed by atoms with Crippen molar-refractivity contribution >= 4 is 5.69 Å². The van der Waals surface area contributed by atoms with E-state index < -0.39 is 29.2 Å². The summed E-state index contributed by atoms with van der Waals surface area (Å²) in [5.74, 6) is 0. The highest BCUT2D eigenvalue weighted by Gasteiger charge is 2.29. The summed E-state index contributed by atoms with van der Waals surface area (Å²) < 4.78 is 25.0. The van der Waals surface area contributed by atoms with Crippen LogP contribution in [-0.2, 0) is 6.42 Å². The normalized spacial score (nSPS) is 9.71. The first-order valence-electron chi connectivity index (χ1n) is 4.24. The SMILES string of the molecule is N#CCc1c(C#N)cnc(C(F)F)c1[N+](=O)[O-]. The van der Waals surface area contributed by atoms with Crippen LogP contribution in [0.2, 0.25) is 0 Å². The van der Waals surface area contributed by atoms with E-state index in [9.17, 15) is 18.9 Å². The molecular formula is C9H4F2N4O2. The summed E-state index contributed by atoms with van der Waals surface area (Å²) >= 11 is 0. The van der Waals surface area contributed by atoms with Crippen molar-refractivity contribution in [2.24, 2.45) is 0 Å². The average molecular weight is 238 g/mol. The van der Waals surface area contributed by atoms with Crippen molar-refractivity contribution in [2.75, 3.05) is 0 Å². The number of rotatable bonds is 3. The maximum Gasteiger partial charge on any atom is 0.302 e. The van der Waals surface area contributed by atoms with Gasteiger partial charge in [0.25, 0.3) is 6.43 Å². The number of halogens is 2. The average Bonchev–Trinajstić information content (AvgIpc) is 2.28. The molecule has 1 rings (SSSR count). The standard InChI is InChI=1S/C9H4F2N4O2/c10-9(11)7-8(15(16)17)6(1-2-12)5(3-13)4-14-7/h4,9H,1H2. The summed E-state index contributed by atoms with van der Waals surface area (Å²) in [5.41, 5.74) is -2.56. The summed E-state index contributed by atoms with van der Waals surface area (Å²) in [7, 11) is 0. The fourth-order valence-electron chi connectivity index (χ4n) is 1.27. The number of alkyl halides is 2. The molecule has 0 aromatic carbocycles. The summed E-state index contributed by atoms with van der Waals surface area (Å²) in [6.45, 7) is 0. The number of nitro groups is 1. The van der Waals surface area contributed by atoms with Crippen molar-refractivity contribution in [3.05, 3.63) is 33.1 Å². The Morgan fingerprint density at radius 3 is 2.59 bits per heavy atom. The van der Waals surface area contributed by atoms with Gasteiger partial charge in [0.05, 0.1) is 28.5 Å². The molecule has 1 aromatic rings. The first-order valence-corrected chi connectivity index (χ1v) is 4.24. The van der Waals surface area contributed by atoms with Crippen LogP contribution in [0.5, 0.6) is 0 Å². The molecule has 0 fully saturated rings. The minimum Gasteiger partial charge on any atom is -0.258 e. The molecule has 86 valence electrons. The molecule has 6 nitrogen and oxygen atoms in total. The highest BCUT2D eigenvalue weighted by atomic mass is 19.3. The first kappa shape index (κ1) is 12.5. The first-order chi connectivity index (χ1) is 8.02. The van der Waals surface area contributed by atoms with Gasteiger partial charge in [-0.25, -0.2) is 13.8 Å². The molecule has 0 aliphatic rings. The minimum absolute atomic E-state index is 0.248. The van der Waals surface area contributed by atoms with Crippen molar-refractivity contribution in [3.63, 3.8) is 0 Å². The van der Waals surface area contributed by atoms with Gasteiger partial charge in [0.1, 0.15) is 6.07 Å². The third kappa shape index (κ3) is 2.32. The summed E-state index contributed by atoms with van der Waals surface area (Å²) in [6, 6.07) is 3.17. The molecular weight excluding hydrogens is 234 g/mol. The smallest absolute Gasteiger partial charge is 0.258 e. The van der Waals surface area contributed by atoms with Gasteiger partial charge in [-0.15, -0.1) is 0 Å². The number of nitriles is 2. The lowest BCUT2D eigenvalue weighted by atomic mass is 10.0. The molecule has 0 N–H and O–H groups in total. The van der Waals surface area contributed by atoms with E-state index in [0.29, 0.717) is 0 Å². The molecule has 0 aliphatic carbocycles. The largest absolute Gasteiger partial charge is 0.302 e. The van der Waals surface area contributed by atoms with Crippen molar-refractivity contribution < 1.29 is 13.7 Å². The van der Waals surface area contributed by atoms with E-state index in [1.807, 2.05) is 0 Å². The Labute approximate surface area is 93.9 Å². The molecule has 17 heavy (non-hydrogen) atoms. The molecule has 0 saturated heterocycles. The number of hydrogen-bond acceptors (Lipinski definition) is 5. The quantitative estimate of drug-likeness (QED) is 0.590. The zero-order valence-electron chi connectivity index (χ0n) is 8.22. The molecule has 1 aromatic heterocycles. The molecule has 0 amide bonds. The zero-order valence-corrected chi connectivity index (χ0v) is 8.22. The lowest BCUT2D eigenvalue weighted by Crippen LogP contribution is -2.05. The molecule has 0 atom stereocenters. The van der Waals surface area contributed by atoms with Crippen molar-refractivity contribution in [1.29, 1.82) is 10.5 Å². The molecule has 0 radical (unpaired) electrons. The van der Waals surface area contributed by atoms with Crippen molar-refractivity contribution in [3.8, 4) is 12.1 Å². The highest BCUT2D eigenvalue weighted by molar-refractivity contribution is 5.53. The lowest BCUT2D eigenvalue weighted by molar-refractivity contribution is -0.387. The van der Waals surface area contributed by atoms with Crippen LogP contribution in [0.4, 0.5) is 14.5 Å². The molecule has 0 spiro atoms. The van der Waals surface area contributed by atoms with Gasteiger partial charge in [0, 0.05) is 6.20 Å². The van der Waals surface area contributed by atoms with Gasteiger partial charge in [0.15, 0.2) is 5.69 Å². The number of pyridine rings is 1. The number of hydrogen-bond donors (Lipinski definition) is 0. The summed E-state index contributed by atoms with van der Waals surface area (Å²) in [6.07, 6.45) is -2.83. The van der Waals surface area contributed by atoms with Gasteiger partial charge < -0.3 is 0 Å². The molecule has 0 bridgehead atoms. The zero-order chi connectivity index (χ0) is 13.0. The minimum atomic E-state index is -3.14. The maximum atomic E-state index is 12.5. The van der Waals surface area contributed by atoms with Gasteiger partial charge in [-0.2, -0.15) is 10.5 Å². The monoisotopic (exact) mass is 238 g/mol. The van der Waals surface area contributed by atoms with Crippen LogP contribution >= 0.6 is 0 Å². The Kier molecular flexibility index (Phi) is 3.62. The highest BCUT2D eigenvalue weighted by Crippen LogP contribution is 2.31. The van der Waals surface area contributed by atoms with E-state index in [2.05, 4.69) is 4.98 Å². The molecule has 0 saturated carbocycles. The predicted octanol–water partition coefficient (Wildman–Crippen LogP) is 1.87. The maximum absolute atomic E-state index is 12.5. The van der Waals surface area contributed by atoms with Crippen LogP contribution in [0, 0.1) is 32.8 Å². The fourth-order valence-corrected chi connectivity index (χ4v) is 1.27. The van der Waals surface area contributed by atoms with Gasteiger partial charge in [-0.3, -0.25) is 10.1 Å². The molecule has 8 heteroatoms. The van der Waals surface area contributed by atoms with Gasteiger partial charge in [-0.05, 0) is 0 Å². The van der Waals surface area contributed by atoms with E-state index in [4.69, 9.17) is 10.5 Å². The Morgan fingerprint density at radius 1 is 1.53 bits per heavy atom. The van der Waals surface area contributed by atoms with Crippen LogP contribution in [0.15, 0.2) is 6.20 Å². The van der Waals surface area contributed by atoms with E-state index in [1.165, 1.54) is 0 Å². The van der Waals surface area contributed by atoms with E-state index >= 15 is 0 Å². The molecule has 1 heterocycles. The van der Waals surface area contributed by atoms with Gasteiger partial charge in [0.2, 0.25) is 0 Å². The lowest BCUT2D eigenvalue weighted by Gasteiger charge is -2.05. The van der Waals surface area contributed by atoms with Crippen LogP contribution in [0.3, 0.4) is 0 Å². The van der Waals surface area contributed by atoms with Crippen LogP contribution in [0.1, 0.15) is 23.2 Å². The van der Waals surface area contributed by atoms with Crippen LogP contribution in [0.25, 0.3) is 0 Å². The Bertz CT molecular complexity index is 545. The van der Waals surface area contributed by atoms with Crippen molar-refractivity contribution in [1.82, 2.24) is 4.98 Å². The Morgan fingerprint density at radius 2 is 2.18 bits per heavy atom. The van der Waals surface area contributed by atoms with Crippen molar-refractivity contribution in [2.45, 2.75) is 12.8 Å². The van der Waals surface area contributed by atoms with Crippen LogP contribution in [-0.4, -0.2) is 9.91 Å². The predicted molar refractivity (Wildman–Crippen MR) is 49.9 cm³/mol. The number of nitrogens with zero attached hydrogens (tertiary/aromatic N) is 4. The van der Waals surface area contributed by atoms with Gasteiger partial charge >= 0.3 is 5.69 Å². The third-order valence-corrected chi connectivity index (χ3v) is 1.95. The Hall–Kier alpha value is -2.61. The second kappa shape index (κ2) is 4.94. The van der Waals surface area contributed by atoms with E-state index in [-0.39, 0.29) is 11.1 Å².